The number of rotatable bonds is 2. The van der Waals surface area contributed by atoms with Gasteiger partial charge in [-0.3, -0.25) is 0 Å². The van der Waals surface area contributed by atoms with Gasteiger partial charge in [0.05, 0.1) is 22.1 Å². The Morgan fingerprint density at radius 2 is 0.505 bits per heavy atom. The number of aryl methyl sites for hydroxylation is 3. The van der Waals surface area contributed by atoms with Crippen molar-refractivity contribution in [2.75, 3.05) is 0 Å². The number of aromatic nitrogens is 5. The van der Waals surface area contributed by atoms with Gasteiger partial charge in [-0.2, -0.15) is 0 Å². The summed E-state index contributed by atoms with van der Waals surface area (Å²) in [5.41, 5.74) is 17.0. The molecule has 0 atom stereocenters. The van der Waals surface area contributed by atoms with Crippen molar-refractivity contribution < 1.29 is 4.42 Å². The molecule has 8 heterocycles. The summed E-state index contributed by atoms with van der Waals surface area (Å²) in [5, 5.41) is 21.2. The summed E-state index contributed by atoms with van der Waals surface area (Å²) in [4.78, 5) is 0. The molecule has 0 unspecified atom stereocenters. The molecule has 0 aliphatic heterocycles. The van der Waals surface area contributed by atoms with E-state index in [0.29, 0.717) is 0 Å². The van der Waals surface area contributed by atoms with Crippen LogP contribution >= 0.6 is 22.7 Å². The van der Waals surface area contributed by atoms with Crippen molar-refractivity contribution in [2.45, 2.75) is 0 Å². The van der Waals surface area contributed by atoms with Gasteiger partial charge < -0.3 is 27.3 Å². The lowest BCUT2D eigenvalue weighted by Gasteiger charge is -2.07. The third kappa shape index (κ3) is 8.34. The molecule has 0 spiro atoms. The molecule has 450 valence electrons. The zero-order valence-corrected chi connectivity index (χ0v) is 54.0. The zero-order chi connectivity index (χ0) is 63.0. The molecule has 95 heavy (non-hydrogen) atoms. The Hall–Kier alpha value is -11.7. The highest BCUT2D eigenvalue weighted by Crippen LogP contribution is 2.46. The fourth-order valence-corrected chi connectivity index (χ4v) is 17.9. The predicted octanol–water partition coefficient (Wildman–Crippen LogP) is 24.5. The second-order valence-electron chi connectivity index (χ2n) is 24.8. The van der Waals surface area contributed by atoms with E-state index in [1.807, 2.05) is 34.8 Å². The Morgan fingerprint density at radius 1 is 0.200 bits per heavy atom. The number of nitrogens with zero attached hydrogens (tertiary/aromatic N) is 5. The first-order valence-electron chi connectivity index (χ1n) is 32.3. The predicted molar refractivity (Wildman–Crippen MR) is 409 cm³/mol. The second kappa shape index (κ2) is 21.7. The van der Waals surface area contributed by atoms with Crippen molar-refractivity contribution in [1.82, 2.24) is 22.8 Å². The third-order valence-corrected chi connectivity index (χ3v) is 22.0. The van der Waals surface area contributed by atoms with Gasteiger partial charge in [0.25, 0.3) is 0 Å². The minimum Gasteiger partial charge on any atom is -0.456 e. The van der Waals surface area contributed by atoms with E-state index in [0.717, 1.165) is 11.2 Å². The second-order valence-corrected chi connectivity index (χ2v) is 26.9. The van der Waals surface area contributed by atoms with Crippen molar-refractivity contribution in [3.63, 3.8) is 0 Å². The molecule has 8 aromatic heterocycles. The zero-order valence-electron chi connectivity index (χ0n) is 52.3. The van der Waals surface area contributed by atoms with Crippen LogP contribution in [0.1, 0.15) is 0 Å². The maximum absolute atomic E-state index is 6.01. The van der Waals surface area contributed by atoms with Crippen LogP contribution in [0.5, 0.6) is 0 Å². The molecule has 22 rings (SSSR count). The van der Waals surface area contributed by atoms with Crippen LogP contribution in [0, 0.1) is 0 Å². The molecule has 6 nitrogen and oxygen atoms in total. The first-order chi connectivity index (χ1) is 46.9. The maximum Gasteiger partial charge on any atom is 0.136 e. The van der Waals surface area contributed by atoms with Gasteiger partial charge in [0, 0.05) is 171 Å². The molecule has 0 bridgehead atoms. The monoisotopic (exact) mass is 1250 g/mol. The molecule has 0 radical (unpaired) electrons. The van der Waals surface area contributed by atoms with Crippen molar-refractivity contribution >= 4 is 194 Å². The Morgan fingerprint density at radius 3 is 0.979 bits per heavy atom. The van der Waals surface area contributed by atoms with Crippen LogP contribution < -0.4 is 0 Å². The van der Waals surface area contributed by atoms with E-state index in [-0.39, 0.29) is 0 Å². The van der Waals surface area contributed by atoms with Crippen LogP contribution in [0.25, 0.3) is 183 Å². The molecular formula is C87H59N5OS2. The largest absolute Gasteiger partial charge is 0.456 e. The van der Waals surface area contributed by atoms with Crippen LogP contribution in [0.4, 0.5) is 0 Å². The fraction of sp³-hybridized carbons (Fsp3) is 0.0345. The van der Waals surface area contributed by atoms with E-state index in [4.69, 9.17) is 4.42 Å². The molecular weight excluding hydrogens is 1200 g/mol. The molecule has 8 heteroatoms. The Labute approximate surface area is 553 Å². The lowest BCUT2D eigenvalue weighted by molar-refractivity contribution is 0.669. The molecule has 0 aliphatic rings. The summed E-state index contributed by atoms with van der Waals surface area (Å²) < 4.78 is 23.1. The van der Waals surface area contributed by atoms with Crippen molar-refractivity contribution in [1.29, 1.82) is 0 Å². The number of para-hydroxylation sites is 8. The minimum atomic E-state index is 0.952. The van der Waals surface area contributed by atoms with Crippen LogP contribution in [0.3, 0.4) is 0 Å². The normalized spacial score (nSPS) is 11.9. The van der Waals surface area contributed by atoms with Gasteiger partial charge in [0.1, 0.15) is 11.2 Å². The highest BCUT2D eigenvalue weighted by molar-refractivity contribution is 7.26. The summed E-state index contributed by atoms with van der Waals surface area (Å²) in [6, 6.07) is 108. The van der Waals surface area contributed by atoms with Crippen LogP contribution in [0.2, 0.25) is 0 Å². The summed E-state index contributed by atoms with van der Waals surface area (Å²) in [6.45, 7) is 0. The van der Waals surface area contributed by atoms with Gasteiger partial charge in [-0.15, -0.1) is 22.7 Å². The highest BCUT2D eigenvalue weighted by Gasteiger charge is 2.22. The molecule has 0 saturated heterocycles. The lowest BCUT2D eigenvalue weighted by Crippen LogP contribution is -1.93. The SMILES string of the molecule is Cn1c2ccccc2c2c3c(ccc21)oc1ccccc13.Cn1c2ccccc2c2c3c(ccc21)sc1ccccc13.Cn1c2ccccc2c2c3c4ccccc4n(-c4ccccc4)c3ccc21.c1ccc(-n2c3ccccc3c3c4c(ccc32)sc2ccccc24)cc1. The first kappa shape index (κ1) is 55.0. The molecule has 0 fully saturated rings. The third-order valence-electron chi connectivity index (χ3n) is 19.8. The average Bonchev–Trinajstić information content (AvgIpc) is 1.59. The van der Waals surface area contributed by atoms with E-state index in [1.165, 1.54) is 172 Å². The van der Waals surface area contributed by atoms with Crippen LogP contribution in [0.15, 0.2) is 308 Å². The molecule has 0 amide bonds. The maximum atomic E-state index is 6.01. The van der Waals surface area contributed by atoms with Gasteiger partial charge in [0.2, 0.25) is 0 Å². The summed E-state index contributed by atoms with van der Waals surface area (Å²) in [7, 11) is 6.44. The van der Waals surface area contributed by atoms with Crippen molar-refractivity contribution in [2.24, 2.45) is 21.1 Å². The molecule has 22 aromatic rings. The number of hydrogen-bond acceptors (Lipinski definition) is 3. The topological polar surface area (TPSA) is 37.8 Å². The van der Waals surface area contributed by atoms with E-state index >= 15 is 0 Å². The quantitative estimate of drug-likeness (QED) is 0.170. The van der Waals surface area contributed by atoms with Crippen molar-refractivity contribution in [3.05, 3.63) is 303 Å². The standard InChI is InChI=1S/C25H18N2.C24H15NS.C19H13NO.C19H13NS/c1-26-20-13-7-5-11-18(20)24-22(26)15-16-23-25(24)19-12-6-8-14-21(19)27(23)17-9-3-2-4-10-17;1-2-8-16(9-3-1)25-19-12-6-4-10-17(19)23-20(25)14-15-22-24(23)18-11-5-7-13-21(18)26-22;2*1-20-14-8-4-2-6-12(14)18-15(20)10-11-17-19(18)13-7-3-5-9-16(13)21-17/h2-16H,1H3;1-15H;2*2-11H,1H3. The van der Waals surface area contributed by atoms with E-state index < -0.39 is 0 Å². The number of hydrogen-bond donors (Lipinski definition) is 0. The number of furan rings is 1. The Kier molecular flexibility index (Phi) is 12.6. The molecule has 0 N–H and O–H groups in total. The summed E-state index contributed by atoms with van der Waals surface area (Å²) in [6.07, 6.45) is 0. The average molecular weight is 1250 g/mol. The smallest absolute Gasteiger partial charge is 0.136 e. The fourth-order valence-electron chi connectivity index (χ4n) is 15.6. The van der Waals surface area contributed by atoms with E-state index in [9.17, 15) is 0 Å². The number of thiophene rings is 2. The molecule has 0 aliphatic carbocycles. The van der Waals surface area contributed by atoms with Gasteiger partial charge in [-0.1, -0.05) is 182 Å². The van der Waals surface area contributed by atoms with E-state index in [2.05, 4.69) is 335 Å². The van der Waals surface area contributed by atoms with Gasteiger partial charge in [-0.05, 0) is 121 Å². The Balaban J connectivity index is 0.0000000901. The number of fused-ring (bicyclic) bond motifs is 28. The van der Waals surface area contributed by atoms with E-state index in [1.54, 1.807) is 0 Å². The first-order valence-corrected chi connectivity index (χ1v) is 34.0. The van der Waals surface area contributed by atoms with Crippen LogP contribution in [-0.2, 0) is 21.1 Å². The van der Waals surface area contributed by atoms with Gasteiger partial charge in [-0.25, -0.2) is 0 Å². The number of benzene rings is 14. The molecule has 0 saturated carbocycles. The summed E-state index contributed by atoms with van der Waals surface area (Å²) >= 11 is 3.77. The van der Waals surface area contributed by atoms with Crippen LogP contribution in [-0.4, -0.2) is 22.8 Å². The van der Waals surface area contributed by atoms with Crippen molar-refractivity contribution in [3.8, 4) is 11.4 Å². The highest BCUT2D eigenvalue weighted by atomic mass is 32.1. The van der Waals surface area contributed by atoms with Gasteiger partial charge in [0.15, 0.2) is 0 Å². The minimum absolute atomic E-state index is 0.952. The molecule has 14 aromatic carbocycles. The summed E-state index contributed by atoms with van der Waals surface area (Å²) in [5.74, 6) is 0. The van der Waals surface area contributed by atoms with Gasteiger partial charge >= 0.3 is 0 Å². The Bertz CT molecular complexity index is 6640. The lowest BCUT2D eigenvalue weighted by atomic mass is 10.1.